The summed E-state index contributed by atoms with van der Waals surface area (Å²) in [5.74, 6) is -1.14. The second-order valence-corrected chi connectivity index (χ2v) is 14.7. The van der Waals surface area contributed by atoms with Crippen LogP contribution in [0.4, 0.5) is 17.1 Å². The molecular formula is C37H43N9O7. The van der Waals surface area contributed by atoms with Gasteiger partial charge in [-0.25, -0.2) is 0 Å². The summed E-state index contributed by atoms with van der Waals surface area (Å²) >= 11 is 0. The number of ether oxygens (including phenoxy) is 1. The Labute approximate surface area is 306 Å². The van der Waals surface area contributed by atoms with Crippen LogP contribution in [0.25, 0.3) is 11.1 Å². The third-order valence-electron chi connectivity index (χ3n) is 11.5. The molecule has 1 unspecified atom stereocenters. The van der Waals surface area contributed by atoms with Crippen LogP contribution in [-0.2, 0) is 16.6 Å². The Bertz CT molecular complexity index is 1980. The number of aromatic nitrogens is 2. The van der Waals surface area contributed by atoms with Crippen molar-refractivity contribution >= 4 is 40.7 Å². The molecule has 4 saturated heterocycles. The number of hydrogen-bond acceptors (Lipinski definition) is 12. The first kappa shape index (κ1) is 34.7. The number of carbonyl (C=O) groups excluding carboxylic acids is 4. The van der Waals surface area contributed by atoms with Gasteiger partial charge in [0.25, 0.3) is 11.8 Å². The minimum absolute atomic E-state index is 0.0635. The van der Waals surface area contributed by atoms with Crippen LogP contribution in [-0.4, -0.2) is 131 Å². The summed E-state index contributed by atoms with van der Waals surface area (Å²) in [6.45, 7) is 8.27. The number of imide groups is 2. The van der Waals surface area contributed by atoms with Crippen molar-refractivity contribution in [1.82, 2.24) is 29.8 Å². The minimum atomic E-state index is -0.969. The molecular weight excluding hydrogens is 682 g/mol. The van der Waals surface area contributed by atoms with Gasteiger partial charge in [-0.1, -0.05) is 0 Å². The number of methoxy groups -OCH3 is 1. The van der Waals surface area contributed by atoms with E-state index in [4.69, 9.17) is 4.74 Å². The number of nitro benzene ring substituents is 1. The number of fused-ring (bicyclic) bond motifs is 1. The van der Waals surface area contributed by atoms with Crippen molar-refractivity contribution in [2.75, 3.05) is 75.8 Å². The molecule has 278 valence electrons. The van der Waals surface area contributed by atoms with E-state index in [-0.39, 0.29) is 24.3 Å². The smallest absolute Gasteiger partial charge is 0.311 e. The maximum atomic E-state index is 13.3. The standard InChI is InChI=1S/C37H43N9O7/c1-40-20-24(18-38-40)28-16-32(46(51)52)33(53-2)17-31(28)44-13-11-43(12-14-44)26-21-41(22-26)19-23-7-9-42(10-8-23)25-3-4-27-29(15-25)37(50)45(36(27)49)30-5-6-34(47)39-35(30)48/h3-4,15-18,20,23,26,30H,5-14,19,21-22H2,1-2H3,(H,39,47,48). The molecule has 1 N–H and O–H groups in total. The number of nitro groups is 1. The minimum Gasteiger partial charge on any atom is -0.490 e. The van der Waals surface area contributed by atoms with Gasteiger partial charge in [0.15, 0.2) is 5.75 Å². The highest BCUT2D eigenvalue weighted by Gasteiger charge is 2.45. The first-order valence-electron chi connectivity index (χ1n) is 18.2. The number of nitrogens with one attached hydrogen (secondary N) is 1. The fraction of sp³-hybridized carbons (Fsp3) is 0.486. The largest absolute Gasteiger partial charge is 0.490 e. The van der Waals surface area contributed by atoms with Crippen LogP contribution in [0.2, 0.25) is 0 Å². The number of hydrogen-bond donors (Lipinski definition) is 1. The molecule has 4 fully saturated rings. The third kappa shape index (κ3) is 6.50. The van der Waals surface area contributed by atoms with E-state index in [0.29, 0.717) is 23.1 Å². The zero-order valence-electron chi connectivity index (χ0n) is 29.9. The fourth-order valence-corrected chi connectivity index (χ4v) is 8.56. The van der Waals surface area contributed by atoms with E-state index >= 15 is 0 Å². The summed E-state index contributed by atoms with van der Waals surface area (Å²) in [6, 6.07) is 8.27. The topological polar surface area (TPSA) is 167 Å². The van der Waals surface area contributed by atoms with E-state index in [2.05, 4.69) is 30.0 Å². The first-order chi connectivity index (χ1) is 25.6. The lowest BCUT2D eigenvalue weighted by Crippen LogP contribution is -2.63. The number of piperidine rings is 2. The highest BCUT2D eigenvalue weighted by Crippen LogP contribution is 2.41. The van der Waals surface area contributed by atoms with Gasteiger partial charge in [-0.05, 0) is 43.4 Å². The summed E-state index contributed by atoms with van der Waals surface area (Å²) in [7, 11) is 3.29. The maximum absolute atomic E-state index is 13.3. The normalized spacial score (nSPS) is 21.9. The lowest BCUT2D eigenvalue weighted by atomic mass is 9.93. The van der Waals surface area contributed by atoms with E-state index in [1.54, 1.807) is 35.1 Å². The number of aryl methyl sites for hydroxylation is 1. The quantitative estimate of drug-likeness (QED) is 0.194. The van der Waals surface area contributed by atoms with Crippen LogP contribution in [0.15, 0.2) is 42.7 Å². The Hall–Kier alpha value is -5.35. The molecule has 4 amide bonds. The zero-order chi connectivity index (χ0) is 37.0. The van der Waals surface area contributed by atoms with Gasteiger partial charge in [0.2, 0.25) is 11.8 Å². The summed E-state index contributed by atoms with van der Waals surface area (Å²) in [4.78, 5) is 72.5. The number of carbonyl (C=O) groups is 4. The van der Waals surface area contributed by atoms with Crippen LogP contribution in [0.1, 0.15) is 46.4 Å². The van der Waals surface area contributed by atoms with Crippen LogP contribution < -0.4 is 19.9 Å². The second-order valence-electron chi connectivity index (χ2n) is 14.7. The average Bonchev–Trinajstić information content (AvgIpc) is 3.68. The van der Waals surface area contributed by atoms with Crippen LogP contribution >= 0.6 is 0 Å². The number of rotatable bonds is 9. The lowest BCUT2D eigenvalue weighted by Gasteiger charge is -2.50. The molecule has 0 radical (unpaired) electrons. The van der Waals surface area contributed by atoms with Gasteiger partial charge in [-0.15, -0.1) is 0 Å². The van der Waals surface area contributed by atoms with Gasteiger partial charge < -0.3 is 14.5 Å². The van der Waals surface area contributed by atoms with Crippen LogP contribution in [0.5, 0.6) is 5.75 Å². The summed E-state index contributed by atoms with van der Waals surface area (Å²) in [6.07, 6.45) is 5.90. The third-order valence-corrected chi connectivity index (χ3v) is 11.5. The average molecular weight is 726 g/mol. The van der Waals surface area contributed by atoms with Gasteiger partial charge in [0.05, 0.1) is 29.4 Å². The Morgan fingerprint density at radius 3 is 2.30 bits per heavy atom. The molecule has 8 rings (SSSR count). The predicted octanol–water partition coefficient (Wildman–Crippen LogP) is 2.13. The molecule has 0 spiro atoms. The van der Waals surface area contributed by atoms with Gasteiger partial charge in [-0.3, -0.25) is 54.0 Å². The number of benzene rings is 2. The molecule has 0 aliphatic carbocycles. The van der Waals surface area contributed by atoms with Crippen molar-refractivity contribution < 1.29 is 28.8 Å². The van der Waals surface area contributed by atoms with Crippen molar-refractivity contribution in [3.05, 3.63) is 64.0 Å². The molecule has 6 heterocycles. The van der Waals surface area contributed by atoms with Crippen LogP contribution in [0.3, 0.4) is 0 Å². The Kier molecular flexibility index (Phi) is 9.10. The maximum Gasteiger partial charge on any atom is 0.311 e. The monoisotopic (exact) mass is 725 g/mol. The number of piperazine rings is 1. The van der Waals surface area contributed by atoms with Gasteiger partial charge in [0.1, 0.15) is 6.04 Å². The molecule has 1 atom stereocenters. The van der Waals surface area contributed by atoms with E-state index in [9.17, 15) is 29.3 Å². The number of anilines is 2. The summed E-state index contributed by atoms with van der Waals surface area (Å²) in [5.41, 5.74) is 3.96. The molecule has 2 aromatic carbocycles. The lowest BCUT2D eigenvalue weighted by molar-refractivity contribution is -0.385. The fourth-order valence-electron chi connectivity index (χ4n) is 8.56. The van der Waals surface area contributed by atoms with Gasteiger partial charge in [0, 0.05) is 119 Å². The Morgan fingerprint density at radius 2 is 1.64 bits per heavy atom. The number of amides is 4. The first-order valence-corrected chi connectivity index (χ1v) is 18.2. The molecule has 3 aromatic rings. The Morgan fingerprint density at radius 1 is 0.906 bits per heavy atom. The van der Waals surface area contributed by atoms with Crippen molar-refractivity contribution in [1.29, 1.82) is 0 Å². The van der Waals surface area contributed by atoms with Gasteiger partial charge >= 0.3 is 5.69 Å². The van der Waals surface area contributed by atoms with Crippen LogP contribution in [0, 0.1) is 16.0 Å². The summed E-state index contributed by atoms with van der Waals surface area (Å²) < 4.78 is 7.12. The van der Waals surface area contributed by atoms with Crippen molar-refractivity contribution in [3.8, 4) is 16.9 Å². The molecule has 0 saturated carbocycles. The van der Waals surface area contributed by atoms with E-state index in [0.717, 1.165) is 99.1 Å². The highest BCUT2D eigenvalue weighted by molar-refractivity contribution is 6.23. The molecule has 0 bridgehead atoms. The van der Waals surface area contributed by atoms with E-state index in [1.165, 1.54) is 7.11 Å². The van der Waals surface area contributed by atoms with Crippen molar-refractivity contribution in [3.63, 3.8) is 0 Å². The molecule has 16 nitrogen and oxygen atoms in total. The zero-order valence-corrected chi connectivity index (χ0v) is 29.9. The van der Waals surface area contributed by atoms with E-state index < -0.39 is 34.6 Å². The molecule has 16 heteroatoms. The number of likely N-dealkylation sites (tertiary alicyclic amines) is 1. The molecule has 5 aliphatic rings. The van der Waals surface area contributed by atoms with Crippen molar-refractivity contribution in [2.24, 2.45) is 13.0 Å². The molecule has 5 aliphatic heterocycles. The molecule has 1 aromatic heterocycles. The second kappa shape index (κ2) is 13.9. The predicted molar refractivity (Wildman–Crippen MR) is 194 cm³/mol. The Balaban J connectivity index is 0.820. The summed E-state index contributed by atoms with van der Waals surface area (Å²) in [5, 5.41) is 18.3. The van der Waals surface area contributed by atoms with Gasteiger partial charge in [-0.2, -0.15) is 5.10 Å². The van der Waals surface area contributed by atoms with Crippen molar-refractivity contribution in [2.45, 2.75) is 37.8 Å². The highest BCUT2D eigenvalue weighted by atomic mass is 16.6. The number of nitrogens with zero attached hydrogens (tertiary/aromatic N) is 8. The SMILES string of the molecule is COc1cc(N2CCN(C3CN(CC4CCN(c5ccc6c(c5)C(=O)N(C5CCC(=O)NC5=O)C6=O)CC4)C3)CC2)c(-c2cnn(C)c2)cc1[N+](=O)[O-]. The molecule has 53 heavy (non-hydrogen) atoms. The van der Waals surface area contributed by atoms with E-state index in [1.807, 2.05) is 19.3 Å².